The van der Waals surface area contributed by atoms with E-state index in [0.717, 1.165) is 220 Å². The van der Waals surface area contributed by atoms with Gasteiger partial charge in [0.15, 0.2) is 0 Å². The van der Waals surface area contributed by atoms with Crippen LogP contribution in [0.3, 0.4) is 0 Å². The van der Waals surface area contributed by atoms with E-state index in [2.05, 4.69) is 188 Å². The molecular formula is C115H132N24O8. The molecule has 0 aliphatic carbocycles. The molecule has 0 spiro atoms. The number of nitrogens with one attached hydrogen (secondary N) is 1. The summed E-state index contributed by atoms with van der Waals surface area (Å²) in [6.07, 6.45) is 32.6. The van der Waals surface area contributed by atoms with E-state index in [0.29, 0.717) is 68.4 Å². The van der Waals surface area contributed by atoms with Crippen LogP contribution in [0, 0.1) is 12.8 Å². The van der Waals surface area contributed by atoms with Crippen molar-refractivity contribution in [1.82, 2.24) is 92.9 Å². The van der Waals surface area contributed by atoms with Gasteiger partial charge >= 0.3 is 0 Å². The van der Waals surface area contributed by atoms with Crippen molar-refractivity contribution in [3.8, 4) is 79.5 Å². The van der Waals surface area contributed by atoms with Crippen LogP contribution >= 0.6 is 0 Å². The smallest absolute Gasteiger partial charge is 0.147 e. The van der Waals surface area contributed by atoms with Gasteiger partial charge in [0.1, 0.15) is 52.5 Å². The highest BCUT2D eigenvalue weighted by Crippen LogP contribution is 2.41. The second kappa shape index (κ2) is 49.1. The van der Waals surface area contributed by atoms with Gasteiger partial charge in [0.2, 0.25) is 0 Å². The summed E-state index contributed by atoms with van der Waals surface area (Å²) in [6, 6.07) is 61.5. The summed E-state index contributed by atoms with van der Waals surface area (Å²) >= 11 is 0. The van der Waals surface area contributed by atoms with Crippen molar-refractivity contribution >= 4 is 95.5 Å². The Morgan fingerprint density at radius 3 is 1.15 bits per heavy atom. The van der Waals surface area contributed by atoms with Crippen LogP contribution < -0.4 is 53.3 Å². The Hall–Kier alpha value is -15.9. The third kappa shape index (κ3) is 26.6. The highest BCUT2D eigenvalue weighted by Gasteiger charge is 2.24. The minimum absolute atomic E-state index is 0.510. The highest BCUT2D eigenvalue weighted by molar-refractivity contribution is 5.87. The standard InChI is InChI=1S/C30H37N5O2.C29H35N5O2.C28H32N8O2.C28H28N6O2/c1-4-37-22-23-16-26(18-27(17-23)36-3)35(14-7-13-34-11-5-6-12-34)25-8-9-28-29(19-25)32-30(20-31-28)24-10-15-33(2)21-24;1-32-14-9-23(20-32)29-19-30-27-8-7-24(18-28(27)31-29)34(13-6-12-33-10-4-5-11-33)25-15-22(21-35-2)16-26(17-25)36-3;1-19(2)16-35-17-21(14-31-35)28-15-29-26-7-6-22(12-27(26)32-28)36(9-8-34-18-30-20(3)33-34)23-10-24(37-4)13-25(11-23)38-5;1-29-28-7-5-6-20(31-28)18-34(22-12-23(35-3)15-24(13-22)36-4)21-8-9-25-26(14-21)32-27(16-30-25)19-10-11-33(2)17-19/h8-10,15-21H,4-7,11-14,22H2,1-3H3;7-9,14-20H,4-6,10-13,21H2,1-3H3;6-7,10-15,17-19H,8-9,16H2,1-5H3;5-17H,18H2,1-4H3,(H,29,31). The topological polar surface area (TPSA) is 285 Å². The monoisotopic (exact) mass is 1980 g/mol. The average Bonchev–Trinajstić information content (AvgIpc) is 1.81. The van der Waals surface area contributed by atoms with Gasteiger partial charge in [0.05, 0.1) is 173 Å². The normalized spacial score (nSPS) is 12.5. The number of rotatable bonds is 39. The zero-order valence-electron chi connectivity index (χ0n) is 86.8. The van der Waals surface area contributed by atoms with E-state index in [1.807, 2.05) is 206 Å². The van der Waals surface area contributed by atoms with E-state index in [4.69, 9.17) is 67.8 Å². The summed E-state index contributed by atoms with van der Waals surface area (Å²) in [5.41, 5.74) is 25.6. The zero-order valence-corrected chi connectivity index (χ0v) is 86.8. The molecule has 8 aromatic carbocycles. The summed E-state index contributed by atoms with van der Waals surface area (Å²) in [5.74, 6) is 6.56. The minimum Gasteiger partial charge on any atom is -0.497 e. The van der Waals surface area contributed by atoms with Gasteiger partial charge in [-0.1, -0.05) is 19.9 Å². The van der Waals surface area contributed by atoms with E-state index in [1.54, 1.807) is 62.3 Å². The lowest BCUT2D eigenvalue weighted by molar-refractivity contribution is 0.134. The van der Waals surface area contributed by atoms with Gasteiger partial charge < -0.3 is 86.3 Å². The maximum absolute atomic E-state index is 5.72. The van der Waals surface area contributed by atoms with Crippen molar-refractivity contribution in [1.29, 1.82) is 0 Å². The van der Waals surface area contributed by atoms with E-state index >= 15 is 0 Å². The summed E-state index contributed by atoms with van der Waals surface area (Å²) in [6.45, 7) is 21.6. The Bertz CT molecular complexity index is 7390. The van der Waals surface area contributed by atoms with Gasteiger partial charge in [0, 0.05) is 228 Å². The van der Waals surface area contributed by atoms with Crippen molar-refractivity contribution in [2.24, 2.45) is 27.1 Å². The number of aryl methyl sites for hydroxylation is 4. The molecule has 2 fully saturated rings. The molecule has 2 aliphatic rings. The number of methoxy groups -OCH3 is 7. The number of ether oxygens (including phenoxy) is 8. The van der Waals surface area contributed by atoms with Crippen LogP contribution in [0.15, 0.2) is 263 Å². The summed E-state index contributed by atoms with van der Waals surface area (Å²) in [4.78, 5) is 61.8. The number of hydrogen-bond acceptors (Lipinski definition) is 27. The Labute approximate surface area is 859 Å². The van der Waals surface area contributed by atoms with Crippen LogP contribution in [0.2, 0.25) is 0 Å². The number of likely N-dealkylation sites (tertiary alicyclic amines) is 2. The molecule has 1 N–H and O–H groups in total. The van der Waals surface area contributed by atoms with Crippen LogP contribution in [-0.2, 0) is 63.5 Å². The average molecular weight is 1980 g/mol. The largest absolute Gasteiger partial charge is 0.497 e. The number of hydrogen-bond donors (Lipinski definition) is 1. The molecule has 10 aromatic heterocycles. The molecule has 0 saturated carbocycles. The van der Waals surface area contributed by atoms with Crippen LogP contribution in [0.25, 0.3) is 89.2 Å². The Kier molecular flexibility index (Phi) is 34.3. The molecule has 32 nitrogen and oxygen atoms in total. The van der Waals surface area contributed by atoms with Crippen LogP contribution in [0.1, 0.15) is 81.9 Å². The number of nitrogens with zero attached hydrogens (tertiary/aromatic N) is 23. The second-order valence-electron chi connectivity index (χ2n) is 37.2. The van der Waals surface area contributed by atoms with Gasteiger partial charge in [-0.25, -0.2) is 29.9 Å². The number of anilines is 9. The second-order valence-corrected chi connectivity index (χ2v) is 37.2. The molecule has 0 radical (unpaired) electrons. The number of benzene rings is 8. The van der Waals surface area contributed by atoms with E-state index in [1.165, 1.54) is 51.9 Å². The molecule has 0 atom stereocenters. The predicted octanol–water partition coefficient (Wildman–Crippen LogP) is 21.6. The van der Waals surface area contributed by atoms with Crippen LogP contribution in [0.4, 0.5) is 51.3 Å². The summed E-state index contributed by atoms with van der Waals surface area (Å²) in [7, 11) is 19.6. The van der Waals surface area contributed by atoms with E-state index in [9.17, 15) is 0 Å². The van der Waals surface area contributed by atoms with Gasteiger partial charge in [-0.2, -0.15) is 10.2 Å². The SMILES string of the molecule is CCOCc1cc(OC)cc(N(CCCN2CCCC2)c2ccc3ncc(-c4ccn(C)c4)nc3c2)c1.CNc1cccc(CN(c2cc(OC)cc(OC)c2)c2ccc3ncc(-c4ccn(C)c4)nc3c2)n1.COCc1cc(OC)cc(N(CCCN2CCCC2)c2ccc3ncc(-c4ccn(C)c4)nc3c2)c1.COc1cc(OC)cc(N(CCn2cnc(C)n2)c2ccc3ncc(-c4cnn(CC(C)C)c4)nc3c2)c1. The highest BCUT2D eigenvalue weighted by atomic mass is 16.5. The molecule has 0 bridgehead atoms. The summed E-state index contributed by atoms with van der Waals surface area (Å²) in [5, 5.41) is 12.1. The fraction of sp³-hybridized carbons (Fsp3) is 0.322. The van der Waals surface area contributed by atoms with Crippen LogP contribution in [0.5, 0.6) is 34.5 Å². The Morgan fingerprint density at radius 1 is 0.374 bits per heavy atom. The molecule has 20 rings (SSSR count). The Balaban J connectivity index is 0.000000134. The third-order valence-corrected chi connectivity index (χ3v) is 26.0. The number of fused-ring (bicyclic) bond motifs is 4. The maximum Gasteiger partial charge on any atom is 0.147 e. The van der Waals surface area contributed by atoms with Crippen molar-refractivity contribution in [3.63, 3.8) is 0 Å². The van der Waals surface area contributed by atoms with Crippen molar-refractivity contribution in [3.05, 3.63) is 285 Å². The summed E-state index contributed by atoms with van der Waals surface area (Å²) < 4.78 is 54.5. The molecule has 32 heteroatoms. The van der Waals surface area contributed by atoms with Gasteiger partial charge in [-0.05, 0) is 236 Å². The first-order chi connectivity index (χ1) is 71.7. The lowest BCUT2D eigenvalue weighted by Crippen LogP contribution is -2.26. The molecule has 2 saturated heterocycles. The first kappa shape index (κ1) is 103. The molecule has 0 unspecified atom stereocenters. The first-order valence-corrected chi connectivity index (χ1v) is 50.1. The van der Waals surface area contributed by atoms with E-state index < -0.39 is 0 Å². The molecule has 18 aromatic rings. The molecular weight excluding hydrogens is 1850 g/mol. The van der Waals surface area contributed by atoms with Crippen molar-refractivity contribution in [2.45, 2.75) is 99.1 Å². The Morgan fingerprint density at radius 2 is 0.769 bits per heavy atom. The maximum atomic E-state index is 5.72. The van der Waals surface area contributed by atoms with E-state index in [-0.39, 0.29) is 0 Å². The van der Waals surface area contributed by atoms with Crippen LogP contribution in [-0.4, -0.2) is 215 Å². The zero-order chi connectivity index (χ0) is 102. The number of aromatic nitrogens is 17. The third-order valence-electron chi connectivity index (χ3n) is 26.0. The first-order valence-electron chi connectivity index (χ1n) is 50.1. The number of pyridine rings is 1. The molecule has 147 heavy (non-hydrogen) atoms. The molecule has 12 heterocycles. The predicted molar refractivity (Wildman–Crippen MR) is 585 cm³/mol. The molecule has 760 valence electrons. The van der Waals surface area contributed by atoms with Gasteiger partial charge in [-0.3, -0.25) is 29.3 Å². The fourth-order valence-corrected chi connectivity index (χ4v) is 18.5. The van der Waals surface area contributed by atoms with Gasteiger partial charge in [-0.15, -0.1) is 0 Å². The molecule has 0 amide bonds. The lowest BCUT2D eigenvalue weighted by Gasteiger charge is -2.27. The van der Waals surface area contributed by atoms with Crippen molar-refractivity contribution in [2.75, 3.05) is 147 Å². The quantitative estimate of drug-likeness (QED) is 0.0374. The molecule has 2 aliphatic heterocycles. The fourth-order valence-electron chi connectivity index (χ4n) is 18.5. The lowest BCUT2D eigenvalue weighted by atomic mass is 10.1. The minimum atomic E-state index is 0.510. The van der Waals surface area contributed by atoms with Crippen molar-refractivity contribution < 1.29 is 37.9 Å². The van der Waals surface area contributed by atoms with Gasteiger partial charge in [0.25, 0.3) is 0 Å².